The molecule has 0 saturated heterocycles. The van der Waals surface area contributed by atoms with E-state index in [4.69, 9.17) is 8.83 Å². The second-order valence-corrected chi connectivity index (χ2v) is 6.19. The van der Waals surface area contributed by atoms with Gasteiger partial charge in [0.15, 0.2) is 11.5 Å². The summed E-state index contributed by atoms with van der Waals surface area (Å²) in [5, 5.41) is 0. The maximum Gasteiger partial charge on any atom is 0.519 e. The Morgan fingerprint density at radius 1 is 1.00 bits per heavy atom. The fourth-order valence-corrected chi connectivity index (χ4v) is 1.48. The third-order valence-electron chi connectivity index (χ3n) is 2.02. The van der Waals surface area contributed by atoms with Crippen molar-refractivity contribution in [3.8, 4) is 0 Å². The summed E-state index contributed by atoms with van der Waals surface area (Å²) >= 11 is 0. The van der Waals surface area contributed by atoms with Crippen LogP contribution in [0.4, 0.5) is 0 Å². The molecule has 16 heavy (non-hydrogen) atoms. The molecule has 0 unspecified atom stereocenters. The van der Waals surface area contributed by atoms with Crippen molar-refractivity contribution >= 4 is 0 Å². The van der Waals surface area contributed by atoms with Gasteiger partial charge in [0, 0.05) is 11.8 Å². The first kappa shape index (κ1) is 15.0. The van der Waals surface area contributed by atoms with Crippen LogP contribution in [-0.2, 0) is 11.8 Å². The van der Waals surface area contributed by atoms with Gasteiger partial charge in [-0.15, -0.1) is 0 Å². The van der Waals surface area contributed by atoms with E-state index in [9.17, 15) is 4.79 Å². The highest BCUT2D eigenvalue weighted by atomic mass is 16.6. The molecule has 1 rings (SSSR count). The minimum absolute atomic E-state index is 0. The van der Waals surface area contributed by atoms with E-state index in [0.717, 1.165) is 0 Å². The van der Waals surface area contributed by atoms with E-state index in [1.807, 2.05) is 20.8 Å². The van der Waals surface area contributed by atoms with Crippen molar-refractivity contribution < 1.29 is 8.83 Å². The van der Waals surface area contributed by atoms with Crippen molar-refractivity contribution in [2.24, 2.45) is 5.41 Å². The molecule has 0 radical (unpaired) electrons. The van der Waals surface area contributed by atoms with Crippen LogP contribution >= 0.6 is 0 Å². The topological polar surface area (TPSA) is 43.4 Å². The van der Waals surface area contributed by atoms with Crippen LogP contribution < -0.4 is 5.82 Å². The zero-order valence-corrected chi connectivity index (χ0v) is 10.4. The lowest BCUT2D eigenvalue weighted by molar-refractivity contribution is 0.331. The summed E-state index contributed by atoms with van der Waals surface area (Å²) in [5.41, 5.74) is -0.105. The lowest BCUT2D eigenvalue weighted by Gasteiger charge is -2.20. The minimum Gasteiger partial charge on any atom is -0.396 e. The molecule has 0 spiro atoms. The third kappa shape index (κ3) is 3.87. The van der Waals surface area contributed by atoms with Crippen molar-refractivity contribution in [1.82, 2.24) is 0 Å². The van der Waals surface area contributed by atoms with Crippen molar-refractivity contribution in [1.29, 1.82) is 0 Å². The van der Waals surface area contributed by atoms with Crippen LogP contribution in [-0.4, -0.2) is 0 Å². The first-order chi connectivity index (χ1) is 6.59. The predicted octanol–water partition coefficient (Wildman–Crippen LogP) is 3.76. The Labute approximate surface area is 97.8 Å². The first-order valence-electron chi connectivity index (χ1n) is 5.23. The van der Waals surface area contributed by atoms with E-state index in [2.05, 4.69) is 20.8 Å². The zero-order valence-electron chi connectivity index (χ0n) is 10.4. The van der Waals surface area contributed by atoms with Gasteiger partial charge < -0.3 is 8.83 Å². The molecular weight excluding hydrogens is 204 g/mol. The average molecular weight is 228 g/mol. The molecule has 94 valence electrons. The molecular formula is C13H24O3. The van der Waals surface area contributed by atoms with Gasteiger partial charge in [0.25, 0.3) is 0 Å². The van der Waals surface area contributed by atoms with Crippen molar-refractivity contribution in [2.75, 3.05) is 0 Å². The van der Waals surface area contributed by atoms with Gasteiger partial charge in [-0.2, -0.15) is 0 Å². The number of hydrogen-bond donors (Lipinski definition) is 0. The summed E-state index contributed by atoms with van der Waals surface area (Å²) in [6.07, 6.45) is 0.714. The SMILES string of the molecule is C.CC(C)(C)Cc1oc(=O)oc1C(C)(C)C. The Morgan fingerprint density at radius 3 is 1.88 bits per heavy atom. The van der Waals surface area contributed by atoms with Crippen molar-refractivity contribution in [2.45, 2.75) is 60.8 Å². The molecule has 0 fully saturated rings. The minimum atomic E-state index is -0.598. The Morgan fingerprint density at radius 2 is 1.50 bits per heavy atom. The van der Waals surface area contributed by atoms with Crippen LogP contribution in [0.25, 0.3) is 0 Å². The molecule has 3 nitrogen and oxygen atoms in total. The largest absolute Gasteiger partial charge is 0.519 e. The van der Waals surface area contributed by atoms with Gasteiger partial charge in [0.05, 0.1) is 0 Å². The van der Waals surface area contributed by atoms with Crippen molar-refractivity contribution in [3.63, 3.8) is 0 Å². The first-order valence-corrected chi connectivity index (χ1v) is 5.23. The summed E-state index contributed by atoms with van der Waals surface area (Å²) in [4.78, 5) is 11.1. The number of hydrogen-bond acceptors (Lipinski definition) is 3. The maximum atomic E-state index is 11.1. The molecule has 0 aliphatic rings. The van der Waals surface area contributed by atoms with E-state index in [0.29, 0.717) is 17.9 Å². The van der Waals surface area contributed by atoms with Crippen LogP contribution in [0, 0.1) is 5.41 Å². The molecule has 1 aromatic heterocycles. The lowest BCUT2D eigenvalue weighted by Crippen LogP contribution is -2.16. The van der Waals surface area contributed by atoms with Crippen molar-refractivity contribution in [3.05, 3.63) is 22.1 Å². The quantitative estimate of drug-likeness (QED) is 0.735. The molecule has 0 aliphatic carbocycles. The van der Waals surface area contributed by atoms with Crippen LogP contribution in [0.5, 0.6) is 0 Å². The van der Waals surface area contributed by atoms with Gasteiger partial charge in [-0.3, -0.25) is 0 Å². The summed E-state index contributed by atoms with van der Waals surface area (Å²) in [5.74, 6) is 0.751. The average Bonchev–Trinajstić information content (AvgIpc) is 2.25. The smallest absolute Gasteiger partial charge is 0.396 e. The Bertz CT molecular complexity index is 383. The number of rotatable bonds is 1. The molecule has 0 amide bonds. The van der Waals surface area contributed by atoms with Gasteiger partial charge in [0.1, 0.15) is 0 Å². The molecule has 0 N–H and O–H groups in total. The summed E-state index contributed by atoms with van der Waals surface area (Å²) in [7, 11) is 0. The van der Waals surface area contributed by atoms with E-state index in [1.54, 1.807) is 0 Å². The van der Waals surface area contributed by atoms with Crippen LogP contribution in [0.15, 0.2) is 13.6 Å². The van der Waals surface area contributed by atoms with Gasteiger partial charge in [0.2, 0.25) is 0 Å². The van der Waals surface area contributed by atoms with Gasteiger partial charge in [-0.05, 0) is 5.41 Å². The van der Waals surface area contributed by atoms with E-state index >= 15 is 0 Å². The summed E-state index contributed by atoms with van der Waals surface area (Å²) in [6, 6.07) is 0. The van der Waals surface area contributed by atoms with E-state index < -0.39 is 5.82 Å². The highest BCUT2D eigenvalue weighted by Gasteiger charge is 2.28. The summed E-state index contributed by atoms with van der Waals surface area (Å²) < 4.78 is 10.2. The fourth-order valence-electron chi connectivity index (χ4n) is 1.48. The normalized spacial score (nSPS) is 12.4. The second kappa shape index (κ2) is 4.48. The third-order valence-corrected chi connectivity index (χ3v) is 2.02. The highest BCUT2D eigenvalue weighted by molar-refractivity contribution is 5.14. The molecule has 0 aromatic carbocycles. The Balaban J connectivity index is 0.00000225. The standard InChI is InChI=1S/C12H20O3.CH4/c1-11(2,3)7-8-9(12(4,5)6)15-10(13)14-8;/h7H2,1-6H3;1H4. The lowest BCUT2D eigenvalue weighted by atomic mass is 9.85. The predicted molar refractivity (Wildman–Crippen MR) is 65.8 cm³/mol. The highest BCUT2D eigenvalue weighted by Crippen LogP contribution is 2.29. The molecule has 0 atom stereocenters. The Hall–Kier alpha value is -0.990. The monoisotopic (exact) mass is 228 g/mol. The van der Waals surface area contributed by atoms with E-state index in [1.165, 1.54) is 0 Å². The molecule has 0 saturated carbocycles. The van der Waals surface area contributed by atoms with Gasteiger partial charge in [-0.25, -0.2) is 4.79 Å². The molecule has 0 bridgehead atoms. The molecule has 3 heteroatoms. The van der Waals surface area contributed by atoms with Crippen LogP contribution in [0.3, 0.4) is 0 Å². The van der Waals surface area contributed by atoms with Crippen LogP contribution in [0.2, 0.25) is 0 Å². The summed E-state index contributed by atoms with van der Waals surface area (Å²) in [6.45, 7) is 12.3. The van der Waals surface area contributed by atoms with Gasteiger partial charge >= 0.3 is 5.82 Å². The molecule has 1 heterocycles. The fraction of sp³-hybridized carbons (Fsp3) is 0.769. The molecule has 1 aromatic rings. The Kier molecular flexibility index (Phi) is 4.20. The van der Waals surface area contributed by atoms with E-state index in [-0.39, 0.29) is 18.3 Å². The second-order valence-electron chi connectivity index (χ2n) is 6.19. The van der Waals surface area contributed by atoms with Crippen LogP contribution in [0.1, 0.15) is 60.5 Å². The van der Waals surface area contributed by atoms with Gasteiger partial charge in [-0.1, -0.05) is 49.0 Å². The zero-order chi connectivity index (χ0) is 11.9. The maximum absolute atomic E-state index is 11.1. The molecule has 0 aliphatic heterocycles.